The third-order valence-corrected chi connectivity index (χ3v) is 2.00. The number of benzene rings is 1. The van der Waals surface area contributed by atoms with Crippen molar-refractivity contribution in [3.8, 4) is 5.69 Å². The summed E-state index contributed by atoms with van der Waals surface area (Å²) >= 11 is 0. The zero-order valence-corrected chi connectivity index (χ0v) is 7.97. The smallest absolute Gasteiger partial charge is 0.123 e. The second-order valence-corrected chi connectivity index (χ2v) is 3.10. The van der Waals surface area contributed by atoms with Crippen LogP contribution in [0.25, 0.3) is 5.69 Å². The second-order valence-electron chi connectivity index (χ2n) is 3.10. The molecule has 78 valence electrons. The van der Waals surface area contributed by atoms with E-state index in [1.807, 2.05) is 0 Å². The molecule has 0 saturated heterocycles. The minimum Gasteiger partial charge on any atom is -0.396 e. The molecular weight excluding hydrogens is 197 g/mol. The van der Waals surface area contributed by atoms with Crippen LogP contribution in [0.3, 0.4) is 0 Å². The molecule has 0 aliphatic carbocycles. The maximum atomic E-state index is 12.7. The Bertz CT molecular complexity index is 438. The third kappa shape index (κ3) is 2.19. The van der Waals surface area contributed by atoms with E-state index >= 15 is 0 Å². The number of rotatable bonds is 3. The van der Waals surface area contributed by atoms with Crippen molar-refractivity contribution in [3.63, 3.8) is 0 Å². The van der Waals surface area contributed by atoms with Crippen LogP contribution in [0.2, 0.25) is 0 Å². The Morgan fingerprint density at radius 1 is 1.27 bits per heavy atom. The topological polar surface area (TPSA) is 50.9 Å². The molecule has 4 nitrogen and oxygen atoms in total. The minimum atomic E-state index is -0.283. The van der Waals surface area contributed by atoms with E-state index in [-0.39, 0.29) is 12.4 Å². The highest BCUT2D eigenvalue weighted by Crippen LogP contribution is 2.08. The highest BCUT2D eigenvalue weighted by atomic mass is 19.1. The summed E-state index contributed by atoms with van der Waals surface area (Å²) in [5, 5.41) is 16.4. The number of halogens is 1. The van der Waals surface area contributed by atoms with Gasteiger partial charge in [-0.25, -0.2) is 9.07 Å². The zero-order valence-electron chi connectivity index (χ0n) is 7.97. The molecule has 0 radical (unpaired) electrons. The molecule has 0 spiro atoms. The zero-order chi connectivity index (χ0) is 10.7. The molecule has 1 heterocycles. The van der Waals surface area contributed by atoms with Crippen molar-refractivity contribution < 1.29 is 9.50 Å². The number of hydrogen-bond acceptors (Lipinski definition) is 3. The van der Waals surface area contributed by atoms with Crippen LogP contribution in [0.1, 0.15) is 5.69 Å². The van der Waals surface area contributed by atoms with Crippen LogP contribution in [0.4, 0.5) is 4.39 Å². The van der Waals surface area contributed by atoms with Gasteiger partial charge in [-0.2, -0.15) is 0 Å². The maximum absolute atomic E-state index is 12.7. The van der Waals surface area contributed by atoms with Crippen molar-refractivity contribution in [1.29, 1.82) is 0 Å². The molecule has 0 bridgehead atoms. The molecule has 0 amide bonds. The Hall–Kier alpha value is -1.75. The van der Waals surface area contributed by atoms with E-state index < -0.39 is 0 Å². The molecule has 2 rings (SSSR count). The second kappa shape index (κ2) is 4.18. The van der Waals surface area contributed by atoms with E-state index in [2.05, 4.69) is 10.3 Å². The van der Waals surface area contributed by atoms with E-state index in [0.717, 1.165) is 5.69 Å². The molecule has 0 saturated carbocycles. The van der Waals surface area contributed by atoms with Crippen molar-refractivity contribution in [2.75, 3.05) is 6.61 Å². The lowest BCUT2D eigenvalue weighted by Crippen LogP contribution is -1.94. The first-order valence-electron chi connectivity index (χ1n) is 4.57. The van der Waals surface area contributed by atoms with Crippen molar-refractivity contribution >= 4 is 0 Å². The van der Waals surface area contributed by atoms with Crippen molar-refractivity contribution in [2.45, 2.75) is 6.42 Å². The summed E-state index contributed by atoms with van der Waals surface area (Å²) in [5.41, 5.74) is 1.45. The molecule has 2 aromatic rings. The standard InChI is InChI=1S/C10H10FN3O/c11-8-1-3-10(4-2-8)14-7-9(5-6-15)12-13-14/h1-4,7,15H,5-6H2. The van der Waals surface area contributed by atoms with Gasteiger partial charge in [0, 0.05) is 13.0 Å². The Labute approximate surface area is 86.0 Å². The van der Waals surface area contributed by atoms with Gasteiger partial charge in [0.05, 0.1) is 17.6 Å². The van der Waals surface area contributed by atoms with Gasteiger partial charge in [-0.15, -0.1) is 5.10 Å². The van der Waals surface area contributed by atoms with Crippen LogP contribution in [-0.4, -0.2) is 26.7 Å². The van der Waals surface area contributed by atoms with Gasteiger partial charge in [-0.3, -0.25) is 0 Å². The van der Waals surface area contributed by atoms with Crippen molar-refractivity contribution in [2.24, 2.45) is 0 Å². The molecule has 5 heteroatoms. The van der Waals surface area contributed by atoms with Crippen LogP contribution in [0, 0.1) is 5.82 Å². The molecule has 0 atom stereocenters. The summed E-state index contributed by atoms with van der Waals surface area (Å²) < 4.78 is 14.2. The molecule has 0 aliphatic rings. The predicted octanol–water partition coefficient (Wildman–Crippen LogP) is 0.941. The average Bonchev–Trinajstić information content (AvgIpc) is 2.68. The molecule has 1 aromatic carbocycles. The molecule has 1 aromatic heterocycles. The van der Waals surface area contributed by atoms with Crippen LogP contribution in [-0.2, 0) is 6.42 Å². The van der Waals surface area contributed by atoms with Gasteiger partial charge in [0.15, 0.2) is 0 Å². The van der Waals surface area contributed by atoms with E-state index in [1.54, 1.807) is 23.0 Å². The first kappa shape index (κ1) is 9.79. The monoisotopic (exact) mass is 207 g/mol. The van der Waals surface area contributed by atoms with Gasteiger partial charge in [0.1, 0.15) is 5.82 Å². The van der Waals surface area contributed by atoms with Crippen LogP contribution in [0.15, 0.2) is 30.5 Å². The molecular formula is C10H10FN3O. The fourth-order valence-electron chi connectivity index (χ4n) is 1.25. The first-order chi connectivity index (χ1) is 7.29. The summed E-state index contributed by atoms with van der Waals surface area (Å²) in [6.45, 7) is 0.0438. The van der Waals surface area contributed by atoms with Crippen LogP contribution in [0.5, 0.6) is 0 Å². The fourth-order valence-corrected chi connectivity index (χ4v) is 1.25. The summed E-state index contributed by atoms with van der Waals surface area (Å²) in [4.78, 5) is 0. The van der Waals surface area contributed by atoms with Gasteiger partial charge in [0.25, 0.3) is 0 Å². The van der Waals surface area contributed by atoms with Crippen LogP contribution >= 0.6 is 0 Å². The first-order valence-corrected chi connectivity index (χ1v) is 4.57. The summed E-state index contributed by atoms with van der Waals surface area (Å²) in [6, 6.07) is 5.96. The normalized spacial score (nSPS) is 10.5. The van der Waals surface area contributed by atoms with Gasteiger partial charge in [-0.05, 0) is 24.3 Å². The quantitative estimate of drug-likeness (QED) is 0.814. The largest absolute Gasteiger partial charge is 0.396 e. The lowest BCUT2D eigenvalue weighted by Gasteiger charge is -1.98. The number of aliphatic hydroxyl groups is 1. The minimum absolute atomic E-state index is 0.0438. The highest BCUT2D eigenvalue weighted by Gasteiger charge is 2.01. The summed E-state index contributed by atoms with van der Waals surface area (Å²) in [6.07, 6.45) is 2.19. The number of hydrogen-bond donors (Lipinski definition) is 1. The Morgan fingerprint density at radius 2 is 2.00 bits per heavy atom. The number of aliphatic hydroxyl groups excluding tert-OH is 1. The fraction of sp³-hybridized carbons (Fsp3) is 0.200. The molecule has 0 unspecified atom stereocenters. The highest BCUT2D eigenvalue weighted by molar-refractivity contribution is 5.30. The number of aromatic nitrogens is 3. The Balaban J connectivity index is 2.25. The van der Waals surface area contributed by atoms with E-state index in [0.29, 0.717) is 12.1 Å². The molecule has 1 N–H and O–H groups in total. The van der Waals surface area contributed by atoms with Crippen molar-refractivity contribution in [1.82, 2.24) is 15.0 Å². The molecule has 0 fully saturated rings. The Morgan fingerprint density at radius 3 is 2.67 bits per heavy atom. The average molecular weight is 207 g/mol. The lowest BCUT2D eigenvalue weighted by molar-refractivity contribution is 0.298. The van der Waals surface area contributed by atoms with E-state index in [4.69, 9.17) is 5.11 Å². The van der Waals surface area contributed by atoms with Gasteiger partial charge in [-0.1, -0.05) is 5.21 Å². The maximum Gasteiger partial charge on any atom is 0.123 e. The van der Waals surface area contributed by atoms with Gasteiger partial charge < -0.3 is 5.11 Å². The van der Waals surface area contributed by atoms with Gasteiger partial charge in [0.2, 0.25) is 0 Å². The Kier molecular flexibility index (Phi) is 2.73. The number of nitrogens with zero attached hydrogens (tertiary/aromatic N) is 3. The van der Waals surface area contributed by atoms with E-state index in [1.165, 1.54) is 12.1 Å². The third-order valence-electron chi connectivity index (χ3n) is 2.00. The summed E-state index contributed by atoms with van der Waals surface area (Å²) in [7, 11) is 0. The van der Waals surface area contributed by atoms with Crippen molar-refractivity contribution in [3.05, 3.63) is 42.0 Å². The van der Waals surface area contributed by atoms with Gasteiger partial charge >= 0.3 is 0 Å². The predicted molar refractivity (Wildman–Crippen MR) is 52.1 cm³/mol. The lowest BCUT2D eigenvalue weighted by atomic mass is 10.3. The SMILES string of the molecule is OCCc1cn(-c2ccc(F)cc2)nn1. The van der Waals surface area contributed by atoms with E-state index in [9.17, 15) is 4.39 Å². The summed E-state index contributed by atoms with van der Waals surface area (Å²) in [5.74, 6) is -0.283. The molecule has 0 aliphatic heterocycles. The molecule has 15 heavy (non-hydrogen) atoms. The van der Waals surface area contributed by atoms with Crippen LogP contribution < -0.4 is 0 Å².